The summed E-state index contributed by atoms with van der Waals surface area (Å²) in [5.41, 5.74) is 1.06. The lowest BCUT2D eigenvalue weighted by molar-refractivity contribution is -0.140. The lowest BCUT2D eigenvalue weighted by Crippen LogP contribution is -2.54. The lowest BCUT2D eigenvalue weighted by atomic mass is 10.0. The topological polar surface area (TPSA) is 86.8 Å². The highest BCUT2D eigenvalue weighted by Gasteiger charge is 2.35. The number of carbonyl (C=O) groups is 2. The number of carbonyl (C=O) groups excluding carboxylic acids is 2. The Bertz CT molecular complexity index is 1670. The van der Waals surface area contributed by atoms with Crippen LogP contribution in [0.25, 0.3) is 0 Å². The third kappa shape index (κ3) is 8.03. The number of hydrogen-bond acceptors (Lipinski definition) is 4. The van der Waals surface area contributed by atoms with E-state index in [1.165, 1.54) is 47.4 Å². The second-order valence-electron chi connectivity index (χ2n) is 10.4. The molecule has 10 heteroatoms. The quantitative estimate of drug-likeness (QED) is 0.189. The molecule has 230 valence electrons. The van der Waals surface area contributed by atoms with Gasteiger partial charge in [0.1, 0.15) is 18.4 Å². The van der Waals surface area contributed by atoms with Crippen molar-refractivity contribution in [1.29, 1.82) is 0 Å². The average Bonchev–Trinajstić information content (AvgIpc) is 3.03. The van der Waals surface area contributed by atoms with Gasteiger partial charge in [0.25, 0.3) is 10.0 Å². The minimum Gasteiger partial charge on any atom is -0.352 e. The fraction of sp³-hybridized carbons (Fsp3) is 0.235. The molecule has 0 aromatic heterocycles. The van der Waals surface area contributed by atoms with E-state index in [9.17, 15) is 22.4 Å². The fourth-order valence-corrected chi connectivity index (χ4v) is 6.43. The van der Waals surface area contributed by atoms with E-state index in [1.807, 2.05) is 44.2 Å². The molecule has 0 aliphatic heterocycles. The third-order valence-corrected chi connectivity index (χ3v) is 9.40. The van der Waals surface area contributed by atoms with Crippen LogP contribution in [0.1, 0.15) is 31.4 Å². The Balaban J connectivity index is 1.82. The second-order valence-corrected chi connectivity index (χ2v) is 12.7. The van der Waals surface area contributed by atoms with Crippen LogP contribution in [0.2, 0.25) is 5.02 Å². The number of amides is 2. The minimum atomic E-state index is -4.29. The van der Waals surface area contributed by atoms with Crippen LogP contribution in [0.15, 0.2) is 114 Å². The molecule has 0 unspecified atom stereocenters. The molecule has 4 aromatic rings. The maximum Gasteiger partial charge on any atom is 0.264 e. The van der Waals surface area contributed by atoms with Gasteiger partial charge in [-0.05, 0) is 49.2 Å². The molecular formula is C34H35ClFN3O4S. The van der Waals surface area contributed by atoms with Crippen molar-refractivity contribution < 1.29 is 22.4 Å². The van der Waals surface area contributed by atoms with E-state index in [4.69, 9.17) is 11.6 Å². The predicted octanol–water partition coefficient (Wildman–Crippen LogP) is 6.23. The monoisotopic (exact) mass is 635 g/mol. The number of sulfonamides is 1. The normalized spacial score (nSPS) is 12.6. The van der Waals surface area contributed by atoms with Crippen LogP contribution in [0.3, 0.4) is 0 Å². The summed E-state index contributed by atoms with van der Waals surface area (Å²) in [5.74, 6) is -1.68. The van der Waals surface area contributed by atoms with Crippen molar-refractivity contribution in [2.75, 3.05) is 10.8 Å². The highest BCUT2D eigenvalue weighted by atomic mass is 35.5. The van der Waals surface area contributed by atoms with Crippen molar-refractivity contribution in [2.24, 2.45) is 0 Å². The maximum atomic E-state index is 15.0. The summed E-state index contributed by atoms with van der Waals surface area (Å²) < 4.78 is 43.9. The van der Waals surface area contributed by atoms with Gasteiger partial charge in [-0.25, -0.2) is 12.8 Å². The van der Waals surface area contributed by atoms with Gasteiger partial charge in [0, 0.05) is 24.6 Å². The van der Waals surface area contributed by atoms with Crippen LogP contribution in [0.5, 0.6) is 0 Å². The first-order valence-electron chi connectivity index (χ1n) is 14.3. The molecule has 0 saturated heterocycles. The van der Waals surface area contributed by atoms with Gasteiger partial charge in [0.05, 0.1) is 15.6 Å². The van der Waals surface area contributed by atoms with Crippen molar-refractivity contribution in [2.45, 2.75) is 50.2 Å². The first-order valence-corrected chi connectivity index (χ1v) is 16.1. The van der Waals surface area contributed by atoms with Crippen LogP contribution in [-0.2, 0) is 32.6 Å². The molecule has 4 aromatic carbocycles. The zero-order valence-electron chi connectivity index (χ0n) is 24.6. The molecule has 0 bridgehead atoms. The molecule has 0 saturated carbocycles. The first kappa shape index (κ1) is 32.7. The number of hydrogen-bond donors (Lipinski definition) is 1. The summed E-state index contributed by atoms with van der Waals surface area (Å²) in [6.45, 7) is 2.83. The van der Waals surface area contributed by atoms with Crippen molar-refractivity contribution in [3.05, 3.63) is 131 Å². The van der Waals surface area contributed by atoms with Gasteiger partial charge in [-0.2, -0.15) is 0 Å². The molecule has 4 rings (SSSR count). The lowest BCUT2D eigenvalue weighted by Gasteiger charge is -2.34. The van der Waals surface area contributed by atoms with E-state index < -0.39 is 40.2 Å². The van der Waals surface area contributed by atoms with E-state index in [-0.39, 0.29) is 40.2 Å². The van der Waals surface area contributed by atoms with E-state index in [0.717, 1.165) is 9.87 Å². The summed E-state index contributed by atoms with van der Waals surface area (Å²) in [4.78, 5) is 29.4. The summed E-state index contributed by atoms with van der Waals surface area (Å²) in [6, 6.07) is 27.9. The summed E-state index contributed by atoms with van der Waals surface area (Å²) in [6.07, 6.45) is 0.779. The van der Waals surface area contributed by atoms with Gasteiger partial charge < -0.3 is 10.2 Å². The third-order valence-electron chi connectivity index (χ3n) is 7.30. The van der Waals surface area contributed by atoms with Gasteiger partial charge in [-0.3, -0.25) is 13.9 Å². The summed E-state index contributed by atoms with van der Waals surface area (Å²) >= 11 is 6.47. The maximum absolute atomic E-state index is 15.0. The second kappa shape index (κ2) is 15.0. The van der Waals surface area contributed by atoms with E-state index in [1.54, 1.807) is 36.4 Å². The van der Waals surface area contributed by atoms with Crippen LogP contribution in [-0.4, -0.2) is 43.8 Å². The number of anilines is 1. The zero-order valence-corrected chi connectivity index (χ0v) is 26.1. The zero-order chi connectivity index (χ0) is 31.7. The Labute approximate surface area is 263 Å². The Hall–Kier alpha value is -4.21. The van der Waals surface area contributed by atoms with Crippen molar-refractivity contribution in [1.82, 2.24) is 10.2 Å². The molecule has 0 aliphatic carbocycles. The molecule has 0 spiro atoms. The molecule has 2 atom stereocenters. The number of rotatable bonds is 13. The smallest absolute Gasteiger partial charge is 0.264 e. The number of nitrogens with one attached hydrogen (secondary N) is 1. The van der Waals surface area contributed by atoms with Crippen LogP contribution in [0, 0.1) is 5.82 Å². The van der Waals surface area contributed by atoms with E-state index in [2.05, 4.69) is 5.32 Å². The van der Waals surface area contributed by atoms with Crippen molar-refractivity contribution in [3.63, 3.8) is 0 Å². The van der Waals surface area contributed by atoms with E-state index in [0.29, 0.717) is 6.42 Å². The predicted molar refractivity (Wildman–Crippen MR) is 171 cm³/mol. The number of benzene rings is 4. The molecule has 0 aliphatic rings. The Morgan fingerprint density at radius 1 is 0.864 bits per heavy atom. The molecule has 1 N–H and O–H groups in total. The average molecular weight is 636 g/mol. The molecule has 0 fully saturated rings. The van der Waals surface area contributed by atoms with Crippen LogP contribution in [0.4, 0.5) is 10.1 Å². The summed E-state index contributed by atoms with van der Waals surface area (Å²) in [7, 11) is -4.29. The fourth-order valence-electron chi connectivity index (χ4n) is 4.69. The molecular weight excluding hydrogens is 601 g/mol. The molecule has 0 radical (unpaired) electrons. The Morgan fingerprint density at radius 3 is 2.09 bits per heavy atom. The van der Waals surface area contributed by atoms with Crippen LogP contribution >= 0.6 is 11.6 Å². The highest BCUT2D eigenvalue weighted by Crippen LogP contribution is 2.31. The largest absolute Gasteiger partial charge is 0.352 e. The molecule has 2 amide bonds. The van der Waals surface area contributed by atoms with Crippen LogP contribution < -0.4 is 9.62 Å². The first-order chi connectivity index (χ1) is 21.1. The molecule has 44 heavy (non-hydrogen) atoms. The van der Waals surface area contributed by atoms with Crippen molar-refractivity contribution >= 4 is 39.1 Å². The van der Waals surface area contributed by atoms with Gasteiger partial charge in [0.2, 0.25) is 11.8 Å². The standard InChI is InChI=1S/C34H35ClFN3O4S/c1-3-25(2)37-34(41)32(22-26-14-6-4-7-15-26)38(23-27-16-10-12-20-30(27)36)33(40)24-39(31-21-13-11-19-29(31)35)44(42,43)28-17-8-5-9-18-28/h4-21,25,32H,3,22-24H2,1-2H3,(H,37,41)/t25-,32+/m0/s1. The summed E-state index contributed by atoms with van der Waals surface area (Å²) in [5, 5.41) is 3.08. The molecule has 7 nitrogen and oxygen atoms in total. The SMILES string of the molecule is CC[C@H](C)NC(=O)[C@@H](Cc1ccccc1)N(Cc1ccccc1F)C(=O)CN(c1ccccc1Cl)S(=O)(=O)c1ccccc1. The minimum absolute atomic E-state index is 0.0382. The molecule has 0 heterocycles. The Morgan fingerprint density at radius 2 is 1.45 bits per heavy atom. The van der Waals surface area contributed by atoms with Gasteiger partial charge in [0.15, 0.2) is 0 Å². The van der Waals surface area contributed by atoms with E-state index >= 15 is 0 Å². The number of halogens is 2. The van der Waals surface area contributed by atoms with Gasteiger partial charge in [-0.1, -0.05) is 97.4 Å². The Kier molecular flexibility index (Phi) is 11.1. The number of nitrogens with zero attached hydrogens (tertiary/aromatic N) is 2. The number of para-hydroxylation sites is 1. The van der Waals surface area contributed by atoms with Crippen molar-refractivity contribution in [3.8, 4) is 0 Å². The highest BCUT2D eigenvalue weighted by molar-refractivity contribution is 7.92. The van der Waals surface area contributed by atoms with Gasteiger partial charge in [-0.15, -0.1) is 0 Å². The van der Waals surface area contributed by atoms with Gasteiger partial charge >= 0.3 is 0 Å².